The van der Waals surface area contributed by atoms with Gasteiger partial charge in [0.25, 0.3) is 0 Å². The van der Waals surface area contributed by atoms with Crippen LogP contribution >= 0.6 is 11.6 Å². The van der Waals surface area contributed by atoms with Gasteiger partial charge < -0.3 is 15.4 Å². The lowest BCUT2D eigenvalue weighted by molar-refractivity contribution is 0.202. The number of rotatable bonds is 6. The fourth-order valence-electron chi connectivity index (χ4n) is 2.12. The second kappa shape index (κ2) is 5.71. The first-order chi connectivity index (χ1) is 8.61. The van der Waals surface area contributed by atoms with Crippen LogP contribution < -0.4 is 10.6 Å². The molecule has 18 heavy (non-hydrogen) atoms. The maximum absolute atomic E-state index is 5.94. The van der Waals surface area contributed by atoms with E-state index < -0.39 is 0 Å². The second-order valence-electron chi connectivity index (χ2n) is 4.67. The van der Waals surface area contributed by atoms with E-state index >= 15 is 0 Å². The number of nitrogen functional groups attached to an aromatic ring is 1. The van der Waals surface area contributed by atoms with Crippen molar-refractivity contribution in [3.8, 4) is 0 Å². The van der Waals surface area contributed by atoms with Crippen LogP contribution in [0.4, 0.5) is 11.8 Å². The number of aromatic nitrogens is 2. The van der Waals surface area contributed by atoms with Gasteiger partial charge >= 0.3 is 0 Å². The van der Waals surface area contributed by atoms with Crippen molar-refractivity contribution in [2.24, 2.45) is 5.92 Å². The number of ether oxygens (including phenoxy) is 1. The maximum Gasteiger partial charge on any atom is 0.223 e. The van der Waals surface area contributed by atoms with Crippen molar-refractivity contribution >= 4 is 23.4 Å². The minimum absolute atomic E-state index is 0.211. The van der Waals surface area contributed by atoms with Crippen molar-refractivity contribution < 1.29 is 4.74 Å². The second-order valence-corrected chi connectivity index (χ2v) is 5.06. The lowest BCUT2D eigenvalue weighted by atomic mass is 10.2. The lowest BCUT2D eigenvalue weighted by Crippen LogP contribution is -2.38. The predicted molar refractivity (Wildman–Crippen MR) is 72.9 cm³/mol. The summed E-state index contributed by atoms with van der Waals surface area (Å²) in [7, 11) is 1.70. The highest BCUT2D eigenvalue weighted by atomic mass is 35.5. The van der Waals surface area contributed by atoms with E-state index in [1.165, 1.54) is 12.8 Å². The van der Waals surface area contributed by atoms with Gasteiger partial charge in [0.15, 0.2) is 0 Å². The molecule has 100 valence electrons. The first-order valence-corrected chi connectivity index (χ1v) is 6.55. The molecule has 1 heterocycles. The summed E-state index contributed by atoms with van der Waals surface area (Å²) >= 11 is 5.94. The Morgan fingerprint density at radius 2 is 2.28 bits per heavy atom. The SMILES string of the molecule is COCCN(c1cc(Cl)nc(N)n1)C(C)C1CC1. The van der Waals surface area contributed by atoms with Crippen molar-refractivity contribution in [3.63, 3.8) is 0 Å². The number of anilines is 2. The van der Waals surface area contributed by atoms with E-state index in [9.17, 15) is 0 Å². The number of hydrogen-bond donors (Lipinski definition) is 1. The van der Waals surface area contributed by atoms with E-state index in [-0.39, 0.29) is 5.95 Å². The molecule has 1 atom stereocenters. The monoisotopic (exact) mass is 270 g/mol. The van der Waals surface area contributed by atoms with Gasteiger partial charge in [0.2, 0.25) is 5.95 Å². The third kappa shape index (κ3) is 3.23. The Bertz CT molecular complexity index is 391. The topological polar surface area (TPSA) is 64.3 Å². The van der Waals surface area contributed by atoms with Crippen LogP contribution in [0.3, 0.4) is 0 Å². The molecule has 1 fully saturated rings. The highest BCUT2D eigenvalue weighted by molar-refractivity contribution is 6.29. The normalized spacial score (nSPS) is 16.6. The molecule has 0 saturated heterocycles. The summed E-state index contributed by atoms with van der Waals surface area (Å²) in [6, 6.07) is 2.18. The van der Waals surface area contributed by atoms with Gasteiger partial charge in [-0.3, -0.25) is 0 Å². The van der Waals surface area contributed by atoms with E-state index in [0.29, 0.717) is 17.8 Å². The molecular weight excluding hydrogens is 252 g/mol. The molecular formula is C12H19ClN4O. The van der Waals surface area contributed by atoms with Crippen LogP contribution in [0.25, 0.3) is 0 Å². The molecule has 1 aliphatic carbocycles. The molecule has 1 aliphatic rings. The number of halogens is 1. The van der Waals surface area contributed by atoms with Crippen molar-refractivity contribution in [1.29, 1.82) is 0 Å². The van der Waals surface area contributed by atoms with Crippen molar-refractivity contribution in [1.82, 2.24) is 9.97 Å². The number of methoxy groups -OCH3 is 1. The highest BCUT2D eigenvalue weighted by Crippen LogP contribution is 2.36. The van der Waals surface area contributed by atoms with E-state index in [1.54, 1.807) is 13.2 Å². The van der Waals surface area contributed by atoms with Crippen LogP contribution in [0.5, 0.6) is 0 Å². The molecule has 1 saturated carbocycles. The molecule has 5 nitrogen and oxygen atoms in total. The number of nitrogens with zero attached hydrogens (tertiary/aromatic N) is 3. The quantitative estimate of drug-likeness (QED) is 0.801. The maximum atomic E-state index is 5.94. The molecule has 0 aromatic carbocycles. The summed E-state index contributed by atoms with van der Waals surface area (Å²) in [5, 5.41) is 0.378. The molecule has 0 aliphatic heterocycles. The van der Waals surface area contributed by atoms with Crippen LogP contribution in [0.1, 0.15) is 19.8 Å². The van der Waals surface area contributed by atoms with E-state index in [1.807, 2.05) is 0 Å². The Kier molecular flexibility index (Phi) is 4.24. The van der Waals surface area contributed by atoms with Gasteiger partial charge in [0, 0.05) is 25.8 Å². The largest absolute Gasteiger partial charge is 0.383 e. The van der Waals surface area contributed by atoms with Crippen LogP contribution in [-0.4, -0.2) is 36.3 Å². The van der Waals surface area contributed by atoms with Gasteiger partial charge in [-0.1, -0.05) is 11.6 Å². The fraction of sp³-hybridized carbons (Fsp3) is 0.667. The lowest BCUT2D eigenvalue weighted by Gasteiger charge is -2.30. The first-order valence-electron chi connectivity index (χ1n) is 6.17. The number of nitrogens with two attached hydrogens (primary N) is 1. The van der Waals surface area contributed by atoms with Crippen LogP contribution in [0.2, 0.25) is 5.15 Å². The molecule has 1 aromatic rings. The fourth-order valence-corrected chi connectivity index (χ4v) is 2.30. The van der Waals surface area contributed by atoms with Gasteiger partial charge in [-0.15, -0.1) is 0 Å². The van der Waals surface area contributed by atoms with E-state index in [4.69, 9.17) is 22.1 Å². The smallest absolute Gasteiger partial charge is 0.223 e. The molecule has 0 spiro atoms. The molecule has 2 rings (SSSR count). The van der Waals surface area contributed by atoms with Gasteiger partial charge in [-0.25, -0.2) is 4.98 Å². The third-order valence-corrected chi connectivity index (χ3v) is 3.52. The van der Waals surface area contributed by atoms with E-state index in [2.05, 4.69) is 21.8 Å². The zero-order chi connectivity index (χ0) is 13.1. The highest BCUT2D eigenvalue weighted by Gasteiger charge is 2.32. The third-order valence-electron chi connectivity index (χ3n) is 3.33. The molecule has 0 bridgehead atoms. The minimum Gasteiger partial charge on any atom is -0.383 e. The molecule has 1 unspecified atom stereocenters. The van der Waals surface area contributed by atoms with Gasteiger partial charge in [0.05, 0.1) is 6.61 Å². The van der Waals surface area contributed by atoms with Crippen LogP contribution in [-0.2, 0) is 4.74 Å². The van der Waals surface area contributed by atoms with Gasteiger partial charge in [0.1, 0.15) is 11.0 Å². The Labute approximate surface area is 112 Å². The number of hydrogen-bond acceptors (Lipinski definition) is 5. The standard InChI is InChI=1S/C12H19ClN4O/c1-8(9-3-4-9)17(5-6-18-2)11-7-10(13)15-12(14)16-11/h7-9H,3-6H2,1-2H3,(H2,14,15,16). The summed E-state index contributed by atoms with van der Waals surface area (Å²) < 4.78 is 5.16. The first kappa shape index (κ1) is 13.4. The Morgan fingerprint density at radius 3 is 2.83 bits per heavy atom. The minimum atomic E-state index is 0.211. The average Bonchev–Trinajstić information content (AvgIpc) is 3.11. The van der Waals surface area contributed by atoms with Crippen molar-refractivity contribution in [3.05, 3.63) is 11.2 Å². The van der Waals surface area contributed by atoms with Crippen molar-refractivity contribution in [2.75, 3.05) is 30.9 Å². The molecule has 2 N–H and O–H groups in total. The summed E-state index contributed by atoms with van der Waals surface area (Å²) in [5.74, 6) is 1.73. The average molecular weight is 271 g/mol. The van der Waals surface area contributed by atoms with Gasteiger partial charge in [-0.2, -0.15) is 4.98 Å². The Balaban J connectivity index is 2.20. The Hall–Kier alpha value is -1.07. The summed E-state index contributed by atoms with van der Waals surface area (Å²) in [4.78, 5) is 10.4. The molecule has 0 radical (unpaired) electrons. The zero-order valence-electron chi connectivity index (χ0n) is 10.8. The van der Waals surface area contributed by atoms with Crippen LogP contribution in [0, 0.1) is 5.92 Å². The summed E-state index contributed by atoms with van der Waals surface area (Å²) in [5.41, 5.74) is 5.65. The molecule has 6 heteroatoms. The van der Waals surface area contributed by atoms with Gasteiger partial charge in [-0.05, 0) is 25.7 Å². The molecule has 1 aromatic heterocycles. The summed E-state index contributed by atoms with van der Waals surface area (Å²) in [6.07, 6.45) is 2.55. The van der Waals surface area contributed by atoms with Crippen molar-refractivity contribution in [2.45, 2.75) is 25.8 Å². The van der Waals surface area contributed by atoms with E-state index in [0.717, 1.165) is 18.3 Å². The summed E-state index contributed by atoms with van der Waals surface area (Å²) in [6.45, 7) is 3.64. The van der Waals surface area contributed by atoms with Crippen LogP contribution in [0.15, 0.2) is 6.07 Å². The zero-order valence-corrected chi connectivity index (χ0v) is 11.5. The Morgan fingerprint density at radius 1 is 1.56 bits per heavy atom. The molecule has 0 amide bonds. The predicted octanol–water partition coefficient (Wildman–Crippen LogP) is 1.96.